The molecule has 0 fully saturated rings. The minimum absolute atomic E-state index is 0.414. The van der Waals surface area contributed by atoms with E-state index in [2.05, 4.69) is 4.98 Å². The Bertz CT molecular complexity index is 474. The molecule has 0 saturated carbocycles. The van der Waals surface area contributed by atoms with Crippen LogP contribution in [0.3, 0.4) is 0 Å². The van der Waals surface area contributed by atoms with Crippen LogP contribution in [0.1, 0.15) is 5.69 Å². The standard InChI is InChI=1S/C14H16N2O2/c15-11-12-10-14(6-7-16-12)18-9-8-17-13-4-2-1-3-5-13/h1-7,10H,8-9,11,15H2. The Hall–Kier alpha value is -2.07. The van der Waals surface area contributed by atoms with E-state index < -0.39 is 0 Å². The van der Waals surface area contributed by atoms with Crippen molar-refractivity contribution in [3.8, 4) is 11.5 Å². The van der Waals surface area contributed by atoms with E-state index in [1.165, 1.54) is 0 Å². The van der Waals surface area contributed by atoms with Crippen LogP contribution in [-0.2, 0) is 6.54 Å². The van der Waals surface area contributed by atoms with Crippen LogP contribution >= 0.6 is 0 Å². The van der Waals surface area contributed by atoms with Gasteiger partial charge < -0.3 is 15.2 Å². The summed E-state index contributed by atoms with van der Waals surface area (Å²) in [5.41, 5.74) is 6.32. The van der Waals surface area contributed by atoms with Gasteiger partial charge in [0.25, 0.3) is 0 Å². The largest absolute Gasteiger partial charge is 0.490 e. The zero-order valence-corrected chi connectivity index (χ0v) is 10.1. The number of para-hydroxylation sites is 1. The van der Waals surface area contributed by atoms with Crippen LogP contribution in [0.15, 0.2) is 48.7 Å². The van der Waals surface area contributed by atoms with E-state index in [9.17, 15) is 0 Å². The highest BCUT2D eigenvalue weighted by molar-refractivity contribution is 5.23. The van der Waals surface area contributed by atoms with Gasteiger partial charge in [-0.1, -0.05) is 18.2 Å². The Morgan fingerprint density at radius 1 is 0.944 bits per heavy atom. The molecule has 2 aromatic rings. The molecule has 0 aliphatic carbocycles. The Balaban J connectivity index is 1.75. The fourth-order valence-electron chi connectivity index (χ4n) is 1.49. The summed E-state index contributed by atoms with van der Waals surface area (Å²) in [6, 6.07) is 13.3. The monoisotopic (exact) mass is 244 g/mol. The lowest BCUT2D eigenvalue weighted by Crippen LogP contribution is -2.09. The highest BCUT2D eigenvalue weighted by atomic mass is 16.5. The number of nitrogens with two attached hydrogens (primary N) is 1. The molecule has 4 nitrogen and oxygen atoms in total. The van der Waals surface area contributed by atoms with Crippen molar-refractivity contribution in [1.29, 1.82) is 0 Å². The minimum atomic E-state index is 0.414. The van der Waals surface area contributed by atoms with Crippen LogP contribution in [0.25, 0.3) is 0 Å². The van der Waals surface area contributed by atoms with Crippen LogP contribution in [0.5, 0.6) is 11.5 Å². The van der Waals surface area contributed by atoms with Crippen LogP contribution in [0, 0.1) is 0 Å². The second kappa shape index (κ2) is 6.61. The highest BCUT2D eigenvalue weighted by Crippen LogP contribution is 2.11. The Labute approximate surface area is 106 Å². The van der Waals surface area contributed by atoms with E-state index in [1.807, 2.05) is 42.5 Å². The van der Waals surface area contributed by atoms with Gasteiger partial charge in [-0.2, -0.15) is 0 Å². The van der Waals surface area contributed by atoms with Crippen LogP contribution < -0.4 is 15.2 Å². The van der Waals surface area contributed by atoms with Gasteiger partial charge in [0.2, 0.25) is 0 Å². The number of ether oxygens (including phenoxy) is 2. The molecule has 0 unspecified atom stereocenters. The molecule has 0 atom stereocenters. The lowest BCUT2D eigenvalue weighted by atomic mass is 10.3. The first-order chi connectivity index (χ1) is 8.88. The summed E-state index contributed by atoms with van der Waals surface area (Å²) in [6.07, 6.45) is 1.69. The third-order valence-electron chi connectivity index (χ3n) is 2.36. The van der Waals surface area contributed by atoms with E-state index in [0.29, 0.717) is 19.8 Å². The van der Waals surface area contributed by atoms with Crippen molar-refractivity contribution in [3.05, 3.63) is 54.4 Å². The summed E-state index contributed by atoms with van der Waals surface area (Å²) in [5.74, 6) is 1.61. The molecule has 0 bridgehead atoms. The lowest BCUT2D eigenvalue weighted by Gasteiger charge is -2.08. The summed E-state index contributed by atoms with van der Waals surface area (Å²) in [6.45, 7) is 1.41. The van der Waals surface area contributed by atoms with Gasteiger partial charge in [-0.25, -0.2) is 0 Å². The smallest absolute Gasteiger partial charge is 0.122 e. The zero-order chi connectivity index (χ0) is 12.6. The summed E-state index contributed by atoms with van der Waals surface area (Å²) in [7, 11) is 0. The zero-order valence-electron chi connectivity index (χ0n) is 10.1. The van der Waals surface area contributed by atoms with Crippen molar-refractivity contribution in [2.24, 2.45) is 5.73 Å². The summed E-state index contributed by atoms with van der Waals surface area (Å²) < 4.78 is 11.1. The maximum atomic E-state index is 5.55. The van der Waals surface area contributed by atoms with Crippen molar-refractivity contribution in [3.63, 3.8) is 0 Å². The van der Waals surface area contributed by atoms with E-state index in [1.54, 1.807) is 6.20 Å². The van der Waals surface area contributed by atoms with E-state index >= 15 is 0 Å². The fraction of sp³-hybridized carbons (Fsp3) is 0.214. The molecule has 94 valence electrons. The predicted octanol–water partition coefficient (Wildman–Crippen LogP) is 2.00. The number of nitrogens with zero attached hydrogens (tertiary/aromatic N) is 1. The Morgan fingerprint density at radius 2 is 1.67 bits per heavy atom. The maximum absolute atomic E-state index is 5.55. The second-order valence-electron chi connectivity index (χ2n) is 3.70. The Kier molecular flexibility index (Phi) is 4.55. The van der Waals surface area contributed by atoms with Gasteiger partial charge in [0.15, 0.2) is 0 Å². The first kappa shape index (κ1) is 12.4. The quantitative estimate of drug-likeness (QED) is 0.790. The SMILES string of the molecule is NCc1cc(OCCOc2ccccc2)ccn1. The highest BCUT2D eigenvalue weighted by Gasteiger charge is 1.97. The maximum Gasteiger partial charge on any atom is 0.122 e. The summed E-state index contributed by atoms with van der Waals surface area (Å²) in [4.78, 5) is 4.10. The van der Waals surface area contributed by atoms with Gasteiger partial charge in [-0.05, 0) is 18.2 Å². The van der Waals surface area contributed by atoms with Gasteiger partial charge in [0.1, 0.15) is 24.7 Å². The molecule has 1 heterocycles. The predicted molar refractivity (Wildman–Crippen MR) is 69.6 cm³/mol. The Morgan fingerprint density at radius 3 is 2.39 bits per heavy atom. The number of rotatable bonds is 6. The lowest BCUT2D eigenvalue weighted by molar-refractivity contribution is 0.217. The molecule has 0 aliphatic rings. The fourth-order valence-corrected chi connectivity index (χ4v) is 1.49. The number of aromatic nitrogens is 1. The van der Waals surface area contributed by atoms with Crippen LogP contribution in [-0.4, -0.2) is 18.2 Å². The molecule has 4 heteroatoms. The van der Waals surface area contributed by atoms with Gasteiger partial charge >= 0.3 is 0 Å². The number of benzene rings is 1. The molecule has 0 spiro atoms. The first-order valence-electron chi connectivity index (χ1n) is 5.84. The number of hydrogen-bond donors (Lipinski definition) is 1. The van der Waals surface area contributed by atoms with Crippen LogP contribution in [0.2, 0.25) is 0 Å². The van der Waals surface area contributed by atoms with Crippen molar-refractivity contribution in [2.75, 3.05) is 13.2 Å². The molecular weight excluding hydrogens is 228 g/mol. The van der Waals surface area contributed by atoms with Crippen molar-refractivity contribution < 1.29 is 9.47 Å². The molecule has 0 saturated heterocycles. The molecule has 0 aliphatic heterocycles. The molecule has 0 amide bonds. The first-order valence-corrected chi connectivity index (χ1v) is 5.84. The molecule has 1 aromatic carbocycles. The van der Waals surface area contributed by atoms with Gasteiger partial charge in [-0.3, -0.25) is 4.98 Å². The van der Waals surface area contributed by atoms with Crippen molar-refractivity contribution >= 4 is 0 Å². The van der Waals surface area contributed by atoms with Gasteiger partial charge in [0, 0.05) is 18.8 Å². The molecular formula is C14H16N2O2. The van der Waals surface area contributed by atoms with E-state index in [-0.39, 0.29) is 0 Å². The molecule has 2 N–H and O–H groups in total. The molecule has 2 rings (SSSR count). The third kappa shape index (κ3) is 3.75. The topological polar surface area (TPSA) is 57.4 Å². The summed E-state index contributed by atoms with van der Waals surface area (Å²) >= 11 is 0. The van der Waals surface area contributed by atoms with Crippen LogP contribution in [0.4, 0.5) is 0 Å². The van der Waals surface area contributed by atoms with Gasteiger partial charge in [-0.15, -0.1) is 0 Å². The van der Waals surface area contributed by atoms with Crippen molar-refractivity contribution in [2.45, 2.75) is 6.54 Å². The van der Waals surface area contributed by atoms with E-state index in [0.717, 1.165) is 17.2 Å². The second-order valence-corrected chi connectivity index (χ2v) is 3.70. The van der Waals surface area contributed by atoms with Gasteiger partial charge in [0.05, 0.1) is 5.69 Å². The average Bonchev–Trinajstić information content (AvgIpc) is 2.45. The number of hydrogen-bond acceptors (Lipinski definition) is 4. The number of pyridine rings is 1. The minimum Gasteiger partial charge on any atom is -0.490 e. The summed E-state index contributed by atoms with van der Waals surface area (Å²) in [5, 5.41) is 0. The molecule has 1 aromatic heterocycles. The molecule has 18 heavy (non-hydrogen) atoms. The van der Waals surface area contributed by atoms with E-state index in [4.69, 9.17) is 15.2 Å². The molecule has 0 radical (unpaired) electrons. The third-order valence-corrected chi connectivity index (χ3v) is 2.36. The normalized spacial score (nSPS) is 10.1. The van der Waals surface area contributed by atoms with Crippen molar-refractivity contribution in [1.82, 2.24) is 4.98 Å². The average molecular weight is 244 g/mol.